The fourth-order valence-electron chi connectivity index (χ4n) is 3.95. The van der Waals surface area contributed by atoms with Crippen molar-refractivity contribution in [1.82, 2.24) is 19.7 Å². The van der Waals surface area contributed by atoms with Crippen LogP contribution in [0, 0.1) is 5.92 Å². The van der Waals surface area contributed by atoms with E-state index in [0.717, 1.165) is 47.7 Å². The summed E-state index contributed by atoms with van der Waals surface area (Å²) in [6.45, 7) is 7.04. The molecule has 174 valence electrons. The average Bonchev–Trinajstić information content (AvgIpc) is 3.48. The SMILES string of the molecule is COc1ccc(NC(=O)C(Sc2nnc(CN3CCCC3)n2-c2ccccc2)C(C)C)cc1. The van der Waals surface area contributed by atoms with Crippen LogP contribution >= 0.6 is 11.8 Å². The van der Waals surface area contributed by atoms with Crippen molar-refractivity contribution in [3.63, 3.8) is 0 Å². The molecule has 1 aliphatic heterocycles. The number of nitrogens with one attached hydrogen (secondary N) is 1. The summed E-state index contributed by atoms with van der Waals surface area (Å²) in [7, 11) is 1.62. The van der Waals surface area contributed by atoms with Crippen LogP contribution in [0.25, 0.3) is 5.69 Å². The normalized spacial score (nSPS) is 15.0. The number of aromatic nitrogens is 3. The fourth-order valence-corrected chi connectivity index (χ4v) is 5.02. The number of carbonyl (C=O) groups is 1. The Balaban J connectivity index is 1.58. The van der Waals surface area contributed by atoms with Gasteiger partial charge in [0, 0.05) is 11.4 Å². The predicted octanol–water partition coefficient (Wildman–Crippen LogP) is 4.63. The molecule has 3 aromatic rings. The third kappa shape index (κ3) is 5.75. The van der Waals surface area contributed by atoms with Gasteiger partial charge in [-0.1, -0.05) is 43.8 Å². The topological polar surface area (TPSA) is 72.3 Å². The van der Waals surface area contributed by atoms with Gasteiger partial charge in [-0.25, -0.2) is 0 Å². The van der Waals surface area contributed by atoms with Gasteiger partial charge in [0.2, 0.25) is 5.91 Å². The van der Waals surface area contributed by atoms with Crippen LogP contribution in [-0.4, -0.2) is 51.0 Å². The number of nitrogens with zero attached hydrogens (tertiary/aromatic N) is 4. The van der Waals surface area contributed by atoms with Crippen molar-refractivity contribution in [1.29, 1.82) is 0 Å². The fraction of sp³-hybridized carbons (Fsp3) is 0.400. The summed E-state index contributed by atoms with van der Waals surface area (Å²) in [4.78, 5) is 15.6. The lowest BCUT2D eigenvalue weighted by Gasteiger charge is -2.21. The van der Waals surface area contributed by atoms with Crippen molar-refractivity contribution in [2.24, 2.45) is 5.92 Å². The smallest absolute Gasteiger partial charge is 0.238 e. The van der Waals surface area contributed by atoms with Crippen LogP contribution in [0.4, 0.5) is 5.69 Å². The van der Waals surface area contributed by atoms with E-state index in [1.807, 2.05) is 42.5 Å². The van der Waals surface area contributed by atoms with Crippen LogP contribution in [0.2, 0.25) is 0 Å². The monoisotopic (exact) mass is 465 g/mol. The number of carbonyl (C=O) groups excluding carboxylic acids is 1. The van der Waals surface area contributed by atoms with Gasteiger partial charge >= 0.3 is 0 Å². The van der Waals surface area contributed by atoms with Gasteiger partial charge in [0.25, 0.3) is 0 Å². The third-order valence-corrected chi connectivity index (χ3v) is 7.22. The maximum atomic E-state index is 13.2. The highest BCUT2D eigenvalue weighted by molar-refractivity contribution is 8.00. The van der Waals surface area contributed by atoms with E-state index in [2.05, 4.69) is 51.0 Å². The van der Waals surface area contributed by atoms with E-state index in [1.165, 1.54) is 24.6 Å². The second-order valence-electron chi connectivity index (χ2n) is 8.55. The summed E-state index contributed by atoms with van der Waals surface area (Å²) in [5.74, 6) is 1.72. The maximum Gasteiger partial charge on any atom is 0.238 e. The highest BCUT2D eigenvalue weighted by Crippen LogP contribution is 2.31. The lowest BCUT2D eigenvalue weighted by molar-refractivity contribution is -0.116. The van der Waals surface area contributed by atoms with Crippen LogP contribution < -0.4 is 10.1 Å². The van der Waals surface area contributed by atoms with E-state index in [9.17, 15) is 4.79 Å². The number of amides is 1. The molecule has 2 aromatic carbocycles. The molecule has 2 heterocycles. The number of hydrogen-bond acceptors (Lipinski definition) is 6. The van der Waals surface area contributed by atoms with Gasteiger partial charge < -0.3 is 10.1 Å². The molecule has 0 radical (unpaired) electrons. The number of likely N-dealkylation sites (tertiary alicyclic amines) is 1. The number of thioether (sulfide) groups is 1. The van der Waals surface area contributed by atoms with Crippen molar-refractivity contribution >= 4 is 23.4 Å². The Morgan fingerprint density at radius 1 is 1.06 bits per heavy atom. The van der Waals surface area contributed by atoms with Crippen molar-refractivity contribution in [3.05, 3.63) is 60.4 Å². The Morgan fingerprint density at radius 3 is 2.39 bits per heavy atom. The first-order chi connectivity index (χ1) is 16.0. The molecule has 33 heavy (non-hydrogen) atoms. The van der Waals surface area contributed by atoms with E-state index < -0.39 is 0 Å². The van der Waals surface area contributed by atoms with Gasteiger partial charge in [-0.2, -0.15) is 0 Å². The molecule has 0 saturated carbocycles. The lowest BCUT2D eigenvalue weighted by atomic mass is 10.1. The molecular formula is C25H31N5O2S. The van der Waals surface area contributed by atoms with Crippen molar-refractivity contribution in [2.75, 3.05) is 25.5 Å². The second-order valence-corrected chi connectivity index (χ2v) is 9.66. The standard InChI is InChI=1S/C25H31N5O2S/c1-18(2)23(24(31)26-19-11-13-21(32-3)14-12-19)33-25-28-27-22(17-29-15-7-8-16-29)30(25)20-9-5-4-6-10-20/h4-6,9-14,18,23H,7-8,15-17H2,1-3H3,(H,26,31). The summed E-state index contributed by atoms with van der Waals surface area (Å²) in [6.07, 6.45) is 2.45. The predicted molar refractivity (Wildman–Crippen MR) is 132 cm³/mol. The van der Waals surface area contributed by atoms with E-state index >= 15 is 0 Å². The molecule has 4 rings (SSSR count). The summed E-state index contributed by atoms with van der Waals surface area (Å²) in [5, 5.41) is 12.5. The summed E-state index contributed by atoms with van der Waals surface area (Å²) < 4.78 is 7.30. The van der Waals surface area contributed by atoms with E-state index in [4.69, 9.17) is 4.74 Å². The third-order valence-electron chi connectivity index (χ3n) is 5.73. The molecule has 0 bridgehead atoms. The number of anilines is 1. The van der Waals surface area contributed by atoms with E-state index in [-0.39, 0.29) is 17.1 Å². The van der Waals surface area contributed by atoms with Gasteiger partial charge in [0.1, 0.15) is 5.75 Å². The molecular weight excluding hydrogens is 434 g/mol. The molecule has 1 amide bonds. The molecule has 1 fully saturated rings. The van der Waals surface area contributed by atoms with Gasteiger partial charge in [-0.05, 0) is 68.2 Å². The zero-order valence-corrected chi connectivity index (χ0v) is 20.2. The van der Waals surface area contributed by atoms with Gasteiger partial charge in [0.05, 0.1) is 18.9 Å². The zero-order chi connectivity index (χ0) is 23.2. The Bertz CT molecular complexity index is 1050. The van der Waals surface area contributed by atoms with Crippen molar-refractivity contribution < 1.29 is 9.53 Å². The minimum absolute atomic E-state index is 0.0520. The number of hydrogen-bond donors (Lipinski definition) is 1. The molecule has 0 aliphatic carbocycles. The van der Waals surface area contributed by atoms with Crippen LogP contribution in [0.3, 0.4) is 0 Å². The molecule has 1 unspecified atom stereocenters. The Morgan fingerprint density at radius 2 is 1.76 bits per heavy atom. The van der Waals surface area contributed by atoms with Crippen molar-refractivity contribution in [3.8, 4) is 11.4 Å². The zero-order valence-electron chi connectivity index (χ0n) is 19.4. The largest absolute Gasteiger partial charge is 0.497 e. The van der Waals surface area contributed by atoms with Crippen LogP contribution in [-0.2, 0) is 11.3 Å². The van der Waals surface area contributed by atoms with Gasteiger partial charge in [-0.15, -0.1) is 10.2 Å². The first-order valence-electron chi connectivity index (χ1n) is 11.4. The van der Waals surface area contributed by atoms with Crippen LogP contribution in [0.1, 0.15) is 32.5 Å². The summed E-state index contributed by atoms with van der Waals surface area (Å²) >= 11 is 1.47. The maximum absolute atomic E-state index is 13.2. The highest BCUT2D eigenvalue weighted by Gasteiger charge is 2.28. The number of benzene rings is 2. The number of para-hydroxylation sites is 1. The van der Waals surface area contributed by atoms with Crippen molar-refractivity contribution in [2.45, 2.75) is 43.6 Å². The first-order valence-corrected chi connectivity index (χ1v) is 12.3. The molecule has 1 aliphatic rings. The molecule has 1 saturated heterocycles. The molecule has 1 N–H and O–H groups in total. The molecule has 1 aromatic heterocycles. The van der Waals surface area contributed by atoms with E-state index in [1.54, 1.807) is 7.11 Å². The Labute approximate surface area is 199 Å². The summed E-state index contributed by atoms with van der Waals surface area (Å²) in [5.41, 5.74) is 1.75. The Kier molecular flexibility index (Phi) is 7.67. The van der Waals surface area contributed by atoms with Crippen LogP contribution in [0.15, 0.2) is 59.8 Å². The number of ether oxygens (including phenoxy) is 1. The molecule has 8 heteroatoms. The van der Waals surface area contributed by atoms with Gasteiger partial charge in [0.15, 0.2) is 11.0 Å². The van der Waals surface area contributed by atoms with Gasteiger partial charge in [-0.3, -0.25) is 14.3 Å². The van der Waals surface area contributed by atoms with Crippen LogP contribution in [0.5, 0.6) is 5.75 Å². The minimum Gasteiger partial charge on any atom is -0.497 e. The Hall–Kier alpha value is -2.84. The lowest BCUT2D eigenvalue weighted by Crippen LogP contribution is -2.30. The number of rotatable bonds is 9. The highest BCUT2D eigenvalue weighted by atomic mass is 32.2. The quantitative estimate of drug-likeness (QED) is 0.465. The van der Waals surface area contributed by atoms with E-state index in [0.29, 0.717) is 0 Å². The average molecular weight is 466 g/mol. The summed E-state index contributed by atoms with van der Waals surface area (Å²) in [6, 6.07) is 17.5. The molecule has 7 nitrogen and oxygen atoms in total. The minimum atomic E-state index is -0.321. The molecule has 1 atom stereocenters. The number of methoxy groups -OCH3 is 1. The first kappa shape index (κ1) is 23.3. The second kappa shape index (κ2) is 10.9. The molecule has 0 spiro atoms.